The van der Waals surface area contributed by atoms with Gasteiger partial charge in [-0.05, 0) is 86.4 Å². The third-order valence-corrected chi connectivity index (χ3v) is 10.9. The lowest BCUT2D eigenvalue weighted by Crippen LogP contribution is -2.48. The second-order valence-electron chi connectivity index (χ2n) is 14.6. The van der Waals surface area contributed by atoms with E-state index in [9.17, 15) is 37.6 Å². The number of nitrogens with zero attached hydrogens (tertiary/aromatic N) is 5. The lowest BCUT2D eigenvalue weighted by Gasteiger charge is -2.34. The Labute approximate surface area is 332 Å². The topological polar surface area (TPSA) is 126 Å². The number of piperazine rings is 1. The number of halogens is 4. The van der Waals surface area contributed by atoms with Gasteiger partial charge in [-0.2, -0.15) is 18.4 Å². The Hall–Kier alpha value is -4.88. The van der Waals surface area contributed by atoms with Crippen LogP contribution in [0.3, 0.4) is 0 Å². The molecule has 3 heterocycles. The Morgan fingerprint density at radius 2 is 1.70 bits per heavy atom. The van der Waals surface area contributed by atoms with E-state index in [0.717, 1.165) is 54.3 Å². The van der Waals surface area contributed by atoms with Gasteiger partial charge in [0, 0.05) is 57.2 Å². The number of Topliss-reactive ketones (excluding diaryl/α,β-unsaturated/α-hetero) is 1. The van der Waals surface area contributed by atoms with Crippen LogP contribution in [0, 0.1) is 17.2 Å². The van der Waals surface area contributed by atoms with Gasteiger partial charge in [0.1, 0.15) is 17.9 Å². The summed E-state index contributed by atoms with van der Waals surface area (Å²) in [6.45, 7) is 7.46. The molecular formula is C40H40ClF3N6O5S. The zero-order valence-electron chi connectivity index (χ0n) is 30.8. The minimum Gasteiger partial charge on any atom is -0.491 e. The number of carbonyl (C=O) groups excluding carboxylic acids is 4. The highest BCUT2D eigenvalue weighted by Crippen LogP contribution is 2.41. The van der Waals surface area contributed by atoms with Gasteiger partial charge in [0.15, 0.2) is 10.9 Å². The third kappa shape index (κ3) is 9.05. The van der Waals surface area contributed by atoms with Crippen molar-refractivity contribution in [1.29, 1.82) is 5.26 Å². The summed E-state index contributed by atoms with van der Waals surface area (Å²) in [5.74, 6) is -0.756. The molecule has 3 amide bonds. The molecule has 6 rings (SSSR count). The molecule has 3 aliphatic rings. The number of amides is 3. The first kappa shape index (κ1) is 40.8. The Morgan fingerprint density at radius 3 is 2.38 bits per heavy atom. The SMILES string of the molecule is CC1(C)C(=O)N(c2ccc(C#N)c(C(F)(F)F)c2)C(=S)N1c1ccc(OCCN2CCN(CC(=O)Cc3cccc(CC4CCC(=O)NC4=O)c3)CC2)c(Cl)c1. The van der Waals surface area contributed by atoms with Crippen LogP contribution in [0.4, 0.5) is 24.5 Å². The van der Waals surface area contributed by atoms with Crippen molar-refractivity contribution in [2.75, 3.05) is 55.7 Å². The maximum atomic E-state index is 13.7. The second-order valence-corrected chi connectivity index (χ2v) is 15.4. The highest BCUT2D eigenvalue weighted by atomic mass is 35.5. The molecule has 0 spiro atoms. The first-order valence-electron chi connectivity index (χ1n) is 18.2. The van der Waals surface area contributed by atoms with Crippen LogP contribution >= 0.6 is 23.8 Å². The Morgan fingerprint density at radius 1 is 1.00 bits per heavy atom. The first-order valence-corrected chi connectivity index (χ1v) is 18.9. The van der Waals surface area contributed by atoms with Crippen molar-refractivity contribution in [2.45, 2.75) is 51.2 Å². The number of alkyl halides is 3. The standard InChI is InChI=1S/C40H40ClF3N6O5S/c1-39(2)37(54)49(29-8-6-28(23-45)32(21-29)40(42,43)44)38(56)50(39)30-9-10-34(33(41)22-30)55-17-16-47-12-14-48(15-13-47)24-31(51)20-26-5-3-4-25(18-26)19-27-7-11-35(52)46-36(27)53/h3-6,8-10,18,21-22,27H,7,11-17,19-20,24H2,1-2H3,(H,46,52,53). The molecule has 0 saturated carbocycles. The molecule has 3 aromatic carbocycles. The van der Waals surface area contributed by atoms with Crippen LogP contribution in [-0.4, -0.2) is 89.8 Å². The number of piperidine rings is 1. The Balaban J connectivity index is 0.976. The van der Waals surface area contributed by atoms with Crippen LogP contribution in [0.1, 0.15) is 48.9 Å². The minimum atomic E-state index is -4.81. The molecule has 3 aliphatic heterocycles. The molecule has 294 valence electrons. The molecule has 3 aromatic rings. The van der Waals surface area contributed by atoms with Gasteiger partial charge in [0.25, 0.3) is 5.91 Å². The van der Waals surface area contributed by atoms with Gasteiger partial charge in [-0.1, -0.05) is 35.9 Å². The molecule has 1 atom stereocenters. The second kappa shape index (κ2) is 16.7. The fourth-order valence-corrected chi connectivity index (χ4v) is 8.03. The molecule has 0 bridgehead atoms. The molecule has 56 heavy (non-hydrogen) atoms. The van der Waals surface area contributed by atoms with Crippen molar-refractivity contribution in [3.05, 3.63) is 87.9 Å². The van der Waals surface area contributed by atoms with Crippen LogP contribution in [0.2, 0.25) is 5.02 Å². The van der Waals surface area contributed by atoms with Gasteiger partial charge >= 0.3 is 6.18 Å². The largest absolute Gasteiger partial charge is 0.491 e. The molecule has 0 aromatic heterocycles. The molecule has 0 radical (unpaired) electrons. The Kier molecular flexibility index (Phi) is 12.2. The number of rotatable bonds is 12. The molecule has 16 heteroatoms. The lowest BCUT2D eigenvalue weighted by atomic mass is 9.90. The number of benzene rings is 3. The zero-order chi connectivity index (χ0) is 40.4. The normalized spacial score (nSPS) is 19.3. The van der Waals surface area contributed by atoms with Gasteiger partial charge in [-0.3, -0.25) is 39.2 Å². The van der Waals surface area contributed by atoms with Gasteiger partial charge < -0.3 is 9.64 Å². The predicted molar refractivity (Wildman–Crippen MR) is 207 cm³/mol. The number of anilines is 2. The van der Waals surface area contributed by atoms with E-state index in [-0.39, 0.29) is 39.3 Å². The molecular weight excluding hydrogens is 769 g/mol. The molecule has 0 aliphatic carbocycles. The monoisotopic (exact) mass is 808 g/mol. The van der Waals surface area contributed by atoms with E-state index >= 15 is 0 Å². The summed E-state index contributed by atoms with van der Waals surface area (Å²) >= 11 is 12.3. The molecule has 11 nitrogen and oxygen atoms in total. The van der Waals surface area contributed by atoms with Crippen LogP contribution in [0.25, 0.3) is 0 Å². The Bertz CT molecular complexity index is 2100. The van der Waals surface area contributed by atoms with Crippen LogP contribution in [-0.2, 0) is 38.2 Å². The van der Waals surface area contributed by atoms with E-state index in [0.29, 0.717) is 56.8 Å². The maximum Gasteiger partial charge on any atom is 0.417 e. The van der Waals surface area contributed by atoms with E-state index in [1.54, 1.807) is 38.1 Å². The summed E-state index contributed by atoms with van der Waals surface area (Å²) in [5.41, 5.74) is -0.786. The van der Waals surface area contributed by atoms with Crippen molar-refractivity contribution >= 4 is 63.8 Å². The van der Waals surface area contributed by atoms with Crippen LogP contribution in [0.5, 0.6) is 5.75 Å². The number of hydrogen-bond donors (Lipinski definition) is 1. The molecule has 3 saturated heterocycles. The van der Waals surface area contributed by atoms with Crippen molar-refractivity contribution in [2.24, 2.45) is 5.92 Å². The summed E-state index contributed by atoms with van der Waals surface area (Å²) in [6.07, 6.45) is -3.12. The van der Waals surface area contributed by atoms with E-state index in [2.05, 4.69) is 15.1 Å². The average molecular weight is 809 g/mol. The summed E-state index contributed by atoms with van der Waals surface area (Å²) in [7, 11) is 0. The fraction of sp³-hybridized carbons (Fsp3) is 0.400. The van der Waals surface area contributed by atoms with Crippen molar-refractivity contribution in [3.8, 4) is 11.8 Å². The molecule has 3 fully saturated rings. The van der Waals surface area contributed by atoms with Crippen LogP contribution in [0.15, 0.2) is 60.7 Å². The summed E-state index contributed by atoms with van der Waals surface area (Å²) in [5, 5.41) is 11.8. The number of nitriles is 1. The van der Waals surface area contributed by atoms with Gasteiger partial charge in [0.2, 0.25) is 11.8 Å². The van der Waals surface area contributed by atoms with Crippen LogP contribution < -0.4 is 19.9 Å². The zero-order valence-corrected chi connectivity index (χ0v) is 32.4. The van der Waals surface area contributed by atoms with E-state index in [1.807, 2.05) is 24.3 Å². The van der Waals surface area contributed by atoms with Gasteiger partial charge in [-0.25, -0.2) is 0 Å². The van der Waals surface area contributed by atoms with E-state index in [4.69, 9.17) is 28.6 Å². The number of carbonyl (C=O) groups is 4. The number of ketones is 1. The van der Waals surface area contributed by atoms with Crippen molar-refractivity contribution in [3.63, 3.8) is 0 Å². The summed E-state index contributed by atoms with van der Waals surface area (Å²) < 4.78 is 47.1. The number of hydrogen-bond acceptors (Lipinski definition) is 9. The number of thiocarbonyl (C=S) groups is 1. The van der Waals surface area contributed by atoms with E-state index in [1.165, 1.54) is 11.0 Å². The highest BCUT2D eigenvalue weighted by molar-refractivity contribution is 7.81. The quantitative estimate of drug-likeness (QED) is 0.184. The number of ether oxygens (including phenoxy) is 1. The predicted octanol–water partition coefficient (Wildman–Crippen LogP) is 5.55. The van der Waals surface area contributed by atoms with E-state index < -0.39 is 28.7 Å². The van der Waals surface area contributed by atoms with Gasteiger partial charge in [-0.15, -0.1) is 0 Å². The first-order chi connectivity index (χ1) is 26.5. The minimum absolute atomic E-state index is 0.0420. The average Bonchev–Trinajstić information content (AvgIpc) is 3.32. The number of nitrogens with one attached hydrogen (secondary N) is 1. The summed E-state index contributed by atoms with van der Waals surface area (Å²) in [4.78, 5) is 57.1. The highest BCUT2D eigenvalue weighted by Gasteiger charge is 2.51. The molecule has 1 unspecified atom stereocenters. The maximum absolute atomic E-state index is 13.7. The smallest absolute Gasteiger partial charge is 0.417 e. The molecule has 1 N–H and O–H groups in total. The lowest BCUT2D eigenvalue weighted by molar-refractivity contribution is -0.138. The summed E-state index contributed by atoms with van der Waals surface area (Å²) in [6, 6.07) is 17.2. The third-order valence-electron chi connectivity index (χ3n) is 10.3. The van der Waals surface area contributed by atoms with Gasteiger partial charge in [0.05, 0.1) is 34.5 Å². The van der Waals surface area contributed by atoms with Crippen molar-refractivity contribution < 1.29 is 37.1 Å². The fourth-order valence-electron chi connectivity index (χ4n) is 7.28. The number of imide groups is 1. The van der Waals surface area contributed by atoms with Crippen molar-refractivity contribution in [1.82, 2.24) is 15.1 Å².